The topological polar surface area (TPSA) is 74.7 Å². The molecule has 3 N–H and O–H groups in total. The monoisotopic (exact) mass is 284 g/mol. The van der Waals surface area contributed by atoms with Gasteiger partial charge in [0.25, 0.3) is 0 Å². The zero-order valence-electron chi connectivity index (χ0n) is 11.6. The fourth-order valence-corrected chi connectivity index (χ4v) is 2.10. The van der Waals surface area contributed by atoms with E-state index in [0.29, 0.717) is 22.3 Å². The average Bonchev–Trinajstić information content (AvgIpc) is 2.44. The minimum atomic E-state index is -0.00626. The van der Waals surface area contributed by atoms with Crippen LogP contribution in [0.2, 0.25) is 5.02 Å². The van der Waals surface area contributed by atoms with Crippen molar-refractivity contribution in [1.29, 1.82) is 0 Å². The first kappa shape index (κ1) is 15.6. The van der Waals surface area contributed by atoms with Crippen LogP contribution in [-0.4, -0.2) is 29.1 Å². The number of halogens is 1. The summed E-state index contributed by atoms with van der Waals surface area (Å²) >= 11 is 6.31. The van der Waals surface area contributed by atoms with Crippen LogP contribution >= 0.6 is 11.6 Å². The van der Waals surface area contributed by atoms with Crippen LogP contribution < -0.4 is 10.6 Å². The van der Waals surface area contributed by atoms with Crippen molar-refractivity contribution in [2.75, 3.05) is 18.0 Å². The zero-order chi connectivity index (χ0) is 14.4. The van der Waals surface area contributed by atoms with Crippen molar-refractivity contribution in [2.24, 2.45) is 16.8 Å². The van der Waals surface area contributed by atoms with Gasteiger partial charge in [-0.15, -0.1) is 0 Å². The summed E-state index contributed by atoms with van der Waals surface area (Å²) < 4.78 is 0. The maximum absolute atomic E-state index is 8.75. The van der Waals surface area contributed by atoms with E-state index in [1.54, 1.807) is 12.3 Å². The lowest BCUT2D eigenvalue weighted by atomic mass is 10.1. The van der Waals surface area contributed by atoms with Crippen LogP contribution in [0.25, 0.3) is 0 Å². The van der Waals surface area contributed by atoms with E-state index >= 15 is 0 Å². The number of hydrogen-bond donors (Lipinski definition) is 2. The van der Waals surface area contributed by atoms with E-state index in [0.717, 1.165) is 19.5 Å². The third-order valence-corrected chi connectivity index (χ3v) is 3.54. The lowest BCUT2D eigenvalue weighted by Crippen LogP contribution is -2.29. The Morgan fingerprint density at radius 2 is 2.26 bits per heavy atom. The first-order chi connectivity index (χ1) is 9.04. The van der Waals surface area contributed by atoms with Crippen LogP contribution in [0, 0.1) is 5.92 Å². The van der Waals surface area contributed by atoms with Crippen molar-refractivity contribution in [3.05, 3.63) is 22.8 Å². The lowest BCUT2D eigenvalue weighted by Gasteiger charge is -2.26. The molecule has 1 atom stereocenters. The highest BCUT2D eigenvalue weighted by Crippen LogP contribution is 2.27. The minimum absolute atomic E-state index is 0.00626. The molecule has 0 amide bonds. The molecule has 0 aromatic carbocycles. The Morgan fingerprint density at radius 3 is 2.79 bits per heavy atom. The van der Waals surface area contributed by atoms with Gasteiger partial charge in [-0.2, -0.15) is 0 Å². The number of aromatic nitrogens is 1. The standard InChI is InChI=1S/C13H21ClN4O/c1-4-9(3)8-18(5-2)13-11(14)10(6-7-16-13)12(15)17-19/h6-7,9,19H,4-5,8H2,1-3H3,(H2,15,17). The molecule has 0 aliphatic heterocycles. The van der Waals surface area contributed by atoms with Crippen molar-refractivity contribution in [3.63, 3.8) is 0 Å². The summed E-state index contributed by atoms with van der Waals surface area (Å²) in [6.45, 7) is 8.07. The number of pyridine rings is 1. The highest BCUT2D eigenvalue weighted by Gasteiger charge is 2.17. The molecular weight excluding hydrogens is 264 g/mol. The van der Waals surface area contributed by atoms with Crippen LogP contribution in [0.1, 0.15) is 32.8 Å². The normalized spacial score (nSPS) is 13.4. The van der Waals surface area contributed by atoms with Crippen molar-refractivity contribution in [2.45, 2.75) is 27.2 Å². The number of rotatable bonds is 6. The molecule has 0 saturated heterocycles. The van der Waals surface area contributed by atoms with E-state index in [9.17, 15) is 0 Å². The SMILES string of the molecule is CCC(C)CN(CC)c1nccc(/C(N)=N/O)c1Cl. The summed E-state index contributed by atoms with van der Waals surface area (Å²) in [5.41, 5.74) is 6.10. The molecule has 1 rings (SSSR count). The molecule has 1 heterocycles. The number of nitrogens with two attached hydrogens (primary N) is 1. The largest absolute Gasteiger partial charge is 0.409 e. The van der Waals surface area contributed by atoms with Gasteiger partial charge in [0, 0.05) is 24.8 Å². The van der Waals surface area contributed by atoms with Gasteiger partial charge in [-0.25, -0.2) is 4.98 Å². The van der Waals surface area contributed by atoms with Crippen molar-refractivity contribution in [3.8, 4) is 0 Å². The molecule has 1 aromatic heterocycles. The molecule has 106 valence electrons. The van der Waals surface area contributed by atoms with Crippen molar-refractivity contribution >= 4 is 23.3 Å². The Morgan fingerprint density at radius 1 is 1.58 bits per heavy atom. The number of anilines is 1. The molecule has 0 saturated carbocycles. The molecule has 0 bridgehead atoms. The smallest absolute Gasteiger partial charge is 0.171 e. The number of hydrogen-bond acceptors (Lipinski definition) is 4. The maximum Gasteiger partial charge on any atom is 0.171 e. The third kappa shape index (κ3) is 3.73. The van der Waals surface area contributed by atoms with Crippen LogP contribution in [-0.2, 0) is 0 Å². The van der Waals surface area contributed by atoms with Crippen molar-refractivity contribution in [1.82, 2.24) is 4.98 Å². The Labute approximate surface area is 119 Å². The van der Waals surface area contributed by atoms with E-state index in [2.05, 4.69) is 35.8 Å². The fraction of sp³-hybridized carbons (Fsp3) is 0.538. The molecule has 1 unspecified atom stereocenters. The Hall–Kier alpha value is -1.49. The van der Waals surface area contributed by atoms with Gasteiger partial charge in [0.1, 0.15) is 5.82 Å². The van der Waals surface area contributed by atoms with Crippen LogP contribution in [0.5, 0.6) is 0 Å². The van der Waals surface area contributed by atoms with Gasteiger partial charge in [-0.3, -0.25) is 0 Å². The van der Waals surface area contributed by atoms with Gasteiger partial charge >= 0.3 is 0 Å². The van der Waals surface area contributed by atoms with E-state index < -0.39 is 0 Å². The molecule has 0 radical (unpaired) electrons. The summed E-state index contributed by atoms with van der Waals surface area (Å²) in [5.74, 6) is 1.21. The van der Waals surface area contributed by atoms with E-state index in [1.165, 1.54) is 0 Å². The van der Waals surface area contributed by atoms with Gasteiger partial charge in [-0.1, -0.05) is 37.0 Å². The molecule has 19 heavy (non-hydrogen) atoms. The Kier molecular flexibility index (Phi) is 5.89. The molecule has 0 aliphatic rings. The van der Waals surface area contributed by atoms with Crippen LogP contribution in [0.4, 0.5) is 5.82 Å². The van der Waals surface area contributed by atoms with Crippen molar-refractivity contribution < 1.29 is 5.21 Å². The first-order valence-corrected chi connectivity index (χ1v) is 6.80. The predicted molar refractivity (Wildman–Crippen MR) is 79.1 cm³/mol. The second-order valence-electron chi connectivity index (χ2n) is 4.53. The highest BCUT2D eigenvalue weighted by molar-refractivity contribution is 6.36. The number of amidine groups is 1. The second-order valence-corrected chi connectivity index (χ2v) is 4.91. The summed E-state index contributed by atoms with van der Waals surface area (Å²) in [7, 11) is 0. The minimum Gasteiger partial charge on any atom is -0.409 e. The van der Waals surface area contributed by atoms with E-state index in [-0.39, 0.29) is 5.84 Å². The quantitative estimate of drug-likeness (QED) is 0.364. The highest BCUT2D eigenvalue weighted by atomic mass is 35.5. The number of nitrogens with zero attached hydrogens (tertiary/aromatic N) is 3. The van der Waals surface area contributed by atoms with Gasteiger partial charge in [0.05, 0.1) is 5.02 Å². The maximum atomic E-state index is 8.75. The molecule has 0 fully saturated rings. The Balaban J connectivity index is 3.11. The molecule has 0 aliphatic carbocycles. The fourth-order valence-electron chi connectivity index (χ4n) is 1.78. The Bertz CT molecular complexity index is 450. The van der Waals surface area contributed by atoms with Gasteiger partial charge < -0.3 is 15.8 Å². The molecule has 5 nitrogen and oxygen atoms in total. The summed E-state index contributed by atoms with van der Waals surface area (Å²) in [5, 5.41) is 12.2. The van der Waals surface area contributed by atoms with E-state index in [4.69, 9.17) is 22.5 Å². The van der Waals surface area contributed by atoms with Gasteiger partial charge in [0.2, 0.25) is 0 Å². The average molecular weight is 285 g/mol. The molecule has 1 aromatic rings. The molecular formula is C13H21ClN4O. The molecule has 0 spiro atoms. The van der Waals surface area contributed by atoms with Gasteiger partial charge in [0.15, 0.2) is 5.84 Å². The summed E-state index contributed by atoms with van der Waals surface area (Å²) in [4.78, 5) is 6.42. The van der Waals surface area contributed by atoms with Crippen LogP contribution in [0.15, 0.2) is 17.4 Å². The second kappa shape index (κ2) is 7.19. The summed E-state index contributed by atoms with van der Waals surface area (Å²) in [6.07, 6.45) is 2.71. The zero-order valence-corrected chi connectivity index (χ0v) is 12.4. The number of oxime groups is 1. The summed E-state index contributed by atoms with van der Waals surface area (Å²) in [6, 6.07) is 1.64. The van der Waals surface area contributed by atoms with E-state index in [1.807, 2.05) is 0 Å². The lowest BCUT2D eigenvalue weighted by molar-refractivity contribution is 0.318. The predicted octanol–water partition coefficient (Wildman–Crippen LogP) is 2.70. The third-order valence-electron chi connectivity index (χ3n) is 3.16. The molecule has 6 heteroatoms. The first-order valence-electron chi connectivity index (χ1n) is 6.42. The van der Waals surface area contributed by atoms with Crippen LogP contribution in [0.3, 0.4) is 0 Å². The van der Waals surface area contributed by atoms with Gasteiger partial charge in [-0.05, 0) is 18.9 Å².